The van der Waals surface area contributed by atoms with Crippen molar-refractivity contribution in [1.29, 1.82) is 5.26 Å². The maximum atomic E-state index is 12.5. The number of benzene rings is 1. The van der Waals surface area contributed by atoms with Crippen LogP contribution in [-0.2, 0) is 0 Å². The maximum absolute atomic E-state index is 12.5. The third kappa shape index (κ3) is 4.17. The second-order valence-electron chi connectivity index (χ2n) is 5.85. The standard InChI is InChI=1S/C17H11F2N7O4/c1-9-4-15(30-17(18)19)23-25(9)13-5-11(3-2-10(13)7-20)22-16-14(26(28)29)6-12(24-27)8-21-16/h2-6,8,17H,1H3,(H,21,22,27)/p+1. The van der Waals surface area contributed by atoms with Gasteiger partial charge in [0.25, 0.3) is 11.6 Å². The summed E-state index contributed by atoms with van der Waals surface area (Å²) < 4.78 is 30.6. The van der Waals surface area contributed by atoms with E-state index < -0.39 is 17.2 Å². The molecular weight excluding hydrogens is 404 g/mol. The van der Waals surface area contributed by atoms with E-state index in [-0.39, 0.29) is 28.6 Å². The highest BCUT2D eigenvalue weighted by Crippen LogP contribution is 2.30. The number of pyridine rings is 1. The lowest BCUT2D eigenvalue weighted by atomic mass is 10.1. The Bertz CT molecular complexity index is 1170. The molecule has 0 amide bonds. The van der Waals surface area contributed by atoms with Crippen molar-refractivity contribution in [2.45, 2.75) is 13.5 Å². The van der Waals surface area contributed by atoms with Crippen LogP contribution in [0, 0.1) is 33.3 Å². The predicted octanol–water partition coefficient (Wildman–Crippen LogP) is 3.52. The van der Waals surface area contributed by atoms with Gasteiger partial charge in [0.1, 0.15) is 17.3 Å². The molecule has 0 fully saturated rings. The fraction of sp³-hybridized carbons (Fsp3) is 0.118. The fourth-order valence-electron chi connectivity index (χ4n) is 2.65. The molecule has 11 nitrogen and oxygen atoms in total. The fourth-order valence-corrected chi connectivity index (χ4v) is 2.65. The second kappa shape index (κ2) is 8.27. The Labute approximate surface area is 166 Å². The minimum Gasteiger partial charge on any atom is -0.414 e. The molecule has 0 aliphatic heterocycles. The highest BCUT2D eigenvalue weighted by Gasteiger charge is 2.23. The Kier molecular flexibility index (Phi) is 5.59. The summed E-state index contributed by atoms with van der Waals surface area (Å²) in [6.07, 6.45) is 1.06. The van der Waals surface area contributed by atoms with Crippen molar-refractivity contribution in [3.63, 3.8) is 0 Å². The zero-order valence-electron chi connectivity index (χ0n) is 15.2. The Morgan fingerprint density at radius 2 is 2.17 bits per heavy atom. The molecule has 3 aromatic rings. The summed E-state index contributed by atoms with van der Waals surface area (Å²) in [5.74, 6) is -0.364. The van der Waals surface area contributed by atoms with E-state index in [1.165, 1.54) is 28.9 Å². The molecule has 2 N–H and O–H groups in total. The number of aryl methyl sites for hydroxylation is 1. The van der Waals surface area contributed by atoms with Crippen LogP contribution in [0.3, 0.4) is 0 Å². The van der Waals surface area contributed by atoms with Crippen LogP contribution >= 0.6 is 0 Å². The lowest BCUT2D eigenvalue weighted by Crippen LogP contribution is -2.36. The highest BCUT2D eigenvalue weighted by atomic mass is 19.3. The number of anilines is 2. The lowest BCUT2D eigenvalue weighted by Gasteiger charge is -2.07. The minimum atomic E-state index is -3.03. The molecule has 0 saturated heterocycles. The van der Waals surface area contributed by atoms with Crippen molar-refractivity contribution < 1.29 is 23.1 Å². The third-order valence-electron chi connectivity index (χ3n) is 3.91. The van der Waals surface area contributed by atoms with Crippen LogP contribution in [-0.4, -0.2) is 21.6 Å². The summed E-state index contributed by atoms with van der Waals surface area (Å²) in [6, 6.07) is 8.65. The van der Waals surface area contributed by atoms with Gasteiger partial charge < -0.3 is 10.1 Å². The lowest BCUT2D eigenvalue weighted by molar-refractivity contribution is -0.662. The summed E-state index contributed by atoms with van der Waals surface area (Å²) in [4.78, 5) is 25.0. The highest BCUT2D eigenvalue weighted by molar-refractivity contribution is 5.69. The van der Waals surface area contributed by atoms with Crippen molar-refractivity contribution in [3.8, 4) is 17.6 Å². The Balaban J connectivity index is 2.03. The number of alkyl halides is 2. The average molecular weight is 416 g/mol. The average Bonchev–Trinajstić information content (AvgIpc) is 3.07. The minimum absolute atomic E-state index is 0.155. The van der Waals surface area contributed by atoms with Gasteiger partial charge in [0.2, 0.25) is 11.5 Å². The van der Waals surface area contributed by atoms with Crippen LogP contribution in [0.5, 0.6) is 5.88 Å². The van der Waals surface area contributed by atoms with Gasteiger partial charge in [-0.3, -0.25) is 10.1 Å². The molecule has 0 spiro atoms. The van der Waals surface area contributed by atoms with E-state index in [2.05, 4.69) is 25.3 Å². The van der Waals surface area contributed by atoms with Crippen molar-refractivity contribution >= 4 is 22.9 Å². The molecule has 0 saturated carbocycles. The van der Waals surface area contributed by atoms with E-state index in [4.69, 9.17) is 0 Å². The molecule has 0 unspecified atom stereocenters. The summed E-state index contributed by atoms with van der Waals surface area (Å²) in [7, 11) is 0. The summed E-state index contributed by atoms with van der Waals surface area (Å²) in [5, 5.41) is 28.6. The molecule has 2 heterocycles. The normalized spacial score (nSPS) is 10.5. The van der Waals surface area contributed by atoms with Gasteiger partial charge in [-0.15, -0.1) is 10.0 Å². The van der Waals surface area contributed by atoms with E-state index in [9.17, 15) is 29.1 Å². The number of ether oxygens (including phenoxy) is 1. The van der Waals surface area contributed by atoms with E-state index >= 15 is 0 Å². The second-order valence-corrected chi connectivity index (χ2v) is 5.85. The van der Waals surface area contributed by atoms with Crippen LogP contribution in [0.4, 0.5) is 31.7 Å². The number of H-pyrrole nitrogens is 1. The number of nitriles is 1. The van der Waals surface area contributed by atoms with Crippen molar-refractivity contribution in [2.24, 2.45) is 5.18 Å². The number of halogens is 2. The van der Waals surface area contributed by atoms with E-state index in [1.54, 1.807) is 6.92 Å². The number of nitrogens with one attached hydrogen (secondary N) is 2. The van der Waals surface area contributed by atoms with Crippen LogP contribution in [0.1, 0.15) is 11.3 Å². The molecule has 0 atom stereocenters. The summed E-state index contributed by atoms with van der Waals surface area (Å²) in [6.45, 7) is -1.43. The van der Waals surface area contributed by atoms with Crippen LogP contribution < -0.4 is 14.7 Å². The quantitative estimate of drug-likeness (QED) is 0.259. The zero-order chi connectivity index (χ0) is 21.8. The van der Waals surface area contributed by atoms with Gasteiger partial charge in [-0.25, -0.2) is 4.98 Å². The van der Waals surface area contributed by atoms with Gasteiger partial charge in [-0.1, -0.05) is 4.68 Å². The van der Waals surface area contributed by atoms with Crippen molar-refractivity contribution in [2.75, 3.05) is 5.32 Å². The Hall–Kier alpha value is -4.47. The van der Waals surface area contributed by atoms with E-state index in [1.807, 2.05) is 6.07 Å². The number of aromatic amines is 1. The first-order valence-electron chi connectivity index (χ1n) is 8.18. The van der Waals surface area contributed by atoms with Crippen LogP contribution in [0.25, 0.3) is 5.69 Å². The molecule has 0 bridgehead atoms. The zero-order valence-corrected chi connectivity index (χ0v) is 15.2. The SMILES string of the molecule is Cc1cc(OC(F)F)[nH][n+]1-c1cc(Nc2ncc(N=O)cc2[N+](=O)[O-])ccc1C#N. The Morgan fingerprint density at radius 3 is 2.80 bits per heavy atom. The van der Waals surface area contributed by atoms with Gasteiger partial charge in [-0.2, -0.15) is 14.0 Å². The number of aromatic nitrogens is 3. The van der Waals surface area contributed by atoms with Crippen molar-refractivity contribution in [3.05, 3.63) is 62.8 Å². The molecule has 3 rings (SSSR count). The van der Waals surface area contributed by atoms with E-state index in [0.29, 0.717) is 11.4 Å². The first-order chi connectivity index (χ1) is 14.3. The molecule has 0 aliphatic carbocycles. The maximum Gasteiger partial charge on any atom is 0.388 e. The smallest absolute Gasteiger partial charge is 0.388 e. The molecular formula is C17H12F2N7O4+. The van der Waals surface area contributed by atoms with Gasteiger partial charge in [0.15, 0.2) is 0 Å². The van der Waals surface area contributed by atoms with Crippen LogP contribution in [0.2, 0.25) is 0 Å². The van der Waals surface area contributed by atoms with Gasteiger partial charge >= 0.3 is 12.3 Å². The molecule has 0 aliphatic rings. The third-order valence-corrected chi connectivity index (χ3v) is 3.91. The summed E-state index contributed by atoms with van der Waals surface area (Å²) >= 11 is 0. The largest absolute Gasteiger partial charge is 0.414 e. The molecule has 30 heavy (non-hydrogen) atoms. The first-order valence-corrected chi connectivity index (χ1v) is 8.18. The topological polar surface area (TPSA) is 150 Å². The number of hydrogen-bond acceptors (Lipinski definition) is 8. The number of nitroso groups, excluding NO2 is 1. The first kappa shape index (κ1) is 20.3. The van der Waals surface area contributed by atoms with E-state index in [0.717, 1.165) is 12.3 Å². The molecule has 2 aromatic heterocycles. The predicted molar refractivity (Wildman–Crippen MR) is 98.0 cm³/mol. The molecule has 152 valence electrons. The number of rotatable bonds is 7. The molecule has 1 aromatic carbocycles. The van der Waals surface area contributed by atoms with Crippen LogP contribution in [0.15, 0.2) is 41.7 Å². The number of nitrogens with zero attached hydrogens (tertiary/aromatic N) is 5. The van der Waals surface area contributed by atoms with Gasteiger partial charge in [0, 0.05) is 18.7 Å². The number of hydrogen-bond donors (Lipinski definition) is 2. The summed E-state index contributed by atoms with van der Waals surface area (Å²) in [5.41, 5.74) is 0.556. The molecule has 0 radical (unpaired) electrons. The van der Waals surface area contributed by atoms with Crippen molar-refractivity contribution in [1.82, 2.24) is 10.1 Å². The monoisotopic (exact) mass is 416 g/mol. The Morgan fingerprint density at radius 1 is 1.40 bits per heavy atom. The van der Waals surface area contributed by atoms with Gasteiger partial charge in [0.05, 0.1) is 23.3 Å². The number of nitro groups is 1. The molecule has 13 heteroatoms. The van der Waals surface area contributed by atoms with Gasteiger partial charge in [-0.05, 0) is 17.3 Å².